The van der Waals surface area contributed by atoms with Crippen LogP contribution in [0.25, 0.3) is 0 Å². The molecule has 0 radical (unpaired) electrons. The Bertz CT molecular complexity index is 533. The van der Waals surface area contributed by atoms with E-state index in [0.717, 1.165) is 25.9 Å². The van der Waals surface area contributed by atoms with Crippen LogP contribution in [0.4, 0.5) is 0 Å². The van der Waals surface area contributed by atoms with Gasteiger partial charge >= 0.3 is 5.97 Å². The number of carboxylic acids is 1. The summed E-state index contributed by atoms with van der Waals surface area (Å²) in [5.41, 5.74) is 0.110. The number of carbonyl (C=O) groups excluding carboxylic acids is 1. The van der Waals surface area contributed by atoms with Crippen LogP contribution in [0.3, 0.4) is 0 Å². The van der Waals surface area contributed by atoms with Crippen LogP contribution in [0.1, 0.15) is 40.7 Å². The summed E-state index contributed by atoms with van der Waals surface area (Å²) < 4.78 is 0. The van der Waals surface area contributed by atoms with Crippen molar-refractivity contribution in [3.8, 4) is 0 Å². The van der Waals surface area contributed by atoms with Gasteiger partial charge in [0, 0.05) is 19.1 Å². The van der Waals surface area contributed by atoms with E-state index in [1.807, 2.05) is 4.90 Å². The minimum Gasteiger partial charge on any atom is -0.477 e. The minimum atomic E-state index is -1.12. The molecule has 1 aromatic heterocycles. The minimum absolute atomic E-state index is 0.0964. The molecule has 1 unspecified atom stereocenters. The van der Waals surface area contributed by atoms with Gasteiger partial charge in [-0.3, -0.25) is 4.79 Å². The van der Waals surface area contributed by atoms with E-state index >= 15 is 0 Å². The first kappa shape index (κ1) is 15.4. The Balaban J connectivity index is 2.24. The molecule has 1 amide bonds. The summed E-state index contributed by atoms with van der Waals surface area (Å²) in [6.45, 7) is 4.54. The molecule has 21 heavy (non-hydrogen) atoms. The van der Waals surface area contributed by atoms with Crippen molar-refractivity contribution < 1.29 is 14.7 Å². The highest BCUT2D eigenvalue weighted by molar-refractivity contribution is 5.94. The van der Waals surface area contributed by atoms with E-state index in [1.165, 1.54) is 6.07 Å². The Labute approximate surface area is 124 Å². The van der Waals surface area contributed by atoms with E-state index < -0.39 is 5.97 Å². The topological polar surface area (TPSA) is 73.7 Å². The standard InChI is InChI=1S/C15H21N3O3/c1-3-11-10-17(2)8-5-9-18(11)14(19)12-6-4-7-13(16-12)15(20)21/h4,6-7,11H,3,5,8-10H2,1-2H3,(H,20,21). The molecule has 1 N–H and O–H groups in total. The Morgan fingerprint density at radius 2 is 2.05 bits per heavy atom. The van der Waals surface area contributed by atoms with Crippen LogP contribution in [0.5, 0.6) is 0 Å². The number of rotatable bonds is 3. The van der Waals surface area contributed by atoms with Crippen molar-refractivity contribution in [1.29, 1.82) is 0 Å². The van der Waals surface area contributed by atoms with Crippen LogP contribution in [0.2, 0.25) is 0 Å². The molecule has 1 aliphatic rings. The third-order valence-corrected chi connectivity index (χ3v) is 3.82. The highest BCUT2D eigenvalue weighted by atomic mass is 16.4. The third-order valence-electron chi connectivity index (χ3n) is 3.82. The molecule has 0 saturated carbocycles. The molecule has 0 spiro atoms. The van der Waals surface area contributed by atoms with Crippen LogP contribution >= 0.6 is 0 Å². The van der Waals surface area contributed by atoms with E-state index in [1.54, 1.807) is 12.1 Å². The average molecular weight is 291 g/mol. The Morgan fingerprint density at radius 1 is 1.33 bits per heavy atom. The Hall–Kier alpha value is -1.95. The molecule has 2 rings (SSSR count). The zero-order valence-corrected chi connectivity index (χ0v) is 12.5. The quantitative estimate of drug-likeness (QED) is 0.909. The van der Waals surface area contributed by atoms with Gasteiger partial charge in [0.25, 0.3) is 5.91 Å². The van der Waals surface area contributed by atoms with Crippen molar-refractivity contribution in [2.45, 2.75) is 25.8 Å². The zero-order chi connectivity index (χ0) is 15.4. The Kier molecular flexibility index (Phi) is 4.90. The van der Waals surface area contributed by atoms with E-state index in [4.69, 9.17) is 5.11 Å². The second kappa shape index (κ2) is 6.67. The predicted octanol–water partition coefficient (Wildman–Crippen LogP) is 1.34. The first-order chi connectivity index (χ1) is 10.0. The maximum absolute atomic E-state index is 12.7. The number of hydrogen-bond acceptors (Lipinski definition) is 4. The fourth-order valence-electron chi connectivity index (χ4n) is 2.68. The molecular weight excluding hydrogens is 270 g/mol. The van der Waals surface area contributed by atoms with Gasteiger partial charge in [-0.25, -0.2) is 9.78 Å². The highest BCUT2D eigenvalue weighted by Gasteiger charge is 2.27. The molecule has 6 nitrogen and oxygen atoms in total. The SMILES string of the molecule is CCC1CN(C)CCCN1C(=O)c1cccc(C(=O)O)n1. The number of carbonyl (C=O) groups is 2. The van der Waals surface area contributed by atoms with Gasteiger partial charge in [-0.05, 0) is 38.6 Å². The molecule has 6 heteroatoms. The number of pyridine rings is 1. The van der Waals surface area contributed by atoms with Gasteiger partial charge in [0.2, 0.25) is 0 Å². The first-order valence-electron chi connectivity index (χ1n) is 7.22. The number of aromatic carboxylic acids is 1. The highest BCUT2D eigenvalue weighted by Crippen LogP contribution is 2.15. The lowest BCUT2D eigenvalue weighted by molar-refractivity contribution is 0.0667. The molecular formula is C15H21N3O3. The fourth-order valence-corrected chi connectivity index (χ4v) is 2.68. The van der Waals surface area contributed by atoms with Crippen LogP contribution in [0.15, 0.2) is 18.2 Å². The van der Waals surface area contributed by atoms with Crippen molar-refractivity contribution in [2.75, 3.05) is 26.7 Å². The number of hydrogen-bond donors (Lipinski definition) is 1. The average Bonchev–Trinajstić information content (AvgIpc) is 2.67. The normalized spacial score (nSPS) is 20.1. The molecule has 114 valence electrons. The summed E-state index contributed by atoms with van der Waals surface area (Å²) in [4.78, 5) is 31.6. The molecule has 1 saturated heterocycles. The molecule has 2 heterocycles. The van der Waals surface area contributed by atoms with E-state index in [-0.39, 0.29) is 23.3 Å². The van der Waals surface area contributed by atoms with Crippen LogP contribution in [-0.2, 0) is 0 Å². The van der Waals surface area contributed by atoms with Gasteiger partial charge in [-0.15, -0.1) is 0 Å². The summed E-state index contributed by atoms with van der Waals surface area (Å²) in [6, 6.07) is 4.68. The molecule has 1 atom stereocenters. The predicted molar refractivity (Wildman–Crippen MR) is 78.4 cm³/mol. The molecule has 1 aromatic rings. The van der Waals surface area contributed by atoms with Crippen LogP contribution in [-0.4, -0.2) is 64.5 Å². The molecule has 0 bridgehead atoms. The van der Waals surface area contributed by atoms with Gasteiger partial charge in [0.15, 0.2) is 0 Å². The second-order valence-corrected chi connectivity index (χ2v) is 5.39. The van der Waals surface area contributed by atoms with Gasteiger partial charge < -0.3 is 14.9 Å². The number of aromatic nitrogens is 1. The van der Waals surface area contributed by atoms with Crippen molar-refractivity contribution >= 4 is 11.9 Å². The second-order valence-electron chi connectivity index (χ2n) is 5.39. The van der Waals surface area contributed by atoms with Crippen molar-refractivity contribution in [1.82, 2.24) is 14.8 Å². The maximum Gasteiger partial charge on any atom is 0.354 e. The molecule has 0 aliphatic carbocycles. The smallest absolute Gasteiger partial charge is 0.354 e. The summed E-state index contributed by atoms with van der Waals surface area (Å²) in [6.07, 6.45) is 1.78. The molecule has 1 fully saturated rings. The van der Waals surface area contributed by atoms with E-state index in [9.17, 15) is 9.59 Å². The first-order valence-corrected chi connectivity index (χ1v) is 7.22. The molecule has 0 aromatic carbocycles. The lowest BCUT2D eigenvalue weighted by Gasteiger charge is -2.30. The number of nitrogens with zero attached hydrogens (tertiary/aromatic N) is 3. The van der Waals surface area contributed by atoms with E-state index in [2.05, 4.69) is 23.9 Å². The monoisotopic (exact) mass is 291 g/mol. The van der Waals surface area contributed by atoms with Gasteiger partial charge in [-0.1, -0.05) is 13.0 Å². The van der Waals surface area contributed by atoms with Gasteiger partial charge in [0.1, 0.15) is 11.4 Å². The third kappa shape index (κ3) is 3.58. The summed E-state index contributed by atoms with van der Waals surface area (Å²) in [7, 11) is 2.06. The van der Waals surface area contributed by atoms with Gasteiger partial charge in [0.05, 0.1) is 0 Å². The van der Waals surface area contributed by atoms with Crippen molar-refractivity contribution in [3.63, 3.8) is 0 Å². The zero-order valence-electron chi connectivity index (χ0n) is 12.5. The summed E-state index contributed by atoms with van der Waals surface area (Å²) in [5.74, 6) is -1.30. The lowest BCUT2D eigenvalue weighted by atomic mass is 10.1. The lowest BCUT2D eigenvalue weighted by Crippen LogP contribution is -2.43. The van der Waals surface area contributed by atoms with Crippen molar-refractivity contribution in [2.24, 2.45) is 0 Å². The van der Waals surface area contributed by atoms with E-state index in [0.29, 0.717) is 6.54 Å². The fraction of sp³-hybridized carbons (Fsp3) is 0.533. The maximum atomic E-state index is 12.7. The summed E-state index contributed by atoms with van der Waals surface area (Å²) in [5, 5.41) is 8.99. The summed E-state index contributed by atoms with van der Waals surface area (Å²) >= 11 is 0. The Morgan fingerprint density at radius 3 is 2.71 bits per heavy atom. The largest absolute Gasteiger partial charge is 0.477 e. The number of amides is 1. The number of likely N-dealkylation sites (N-methyl/N-ethyl adjacent to an activating group) is 1. The van der Waals surface area contributed by atoms with Crippen LogP contribution in [0, 0.1) is 0 Å². The van der Waals surface area contributed by atoms with Crippen molar-refractivity contribution in [3.05, 3.63) is 29.6 Å². The van der Waals surface area contributed by atoms with Gasteiger partial charge in [-0.2, -0.15) is 0 Å². The number of carboxylic acid groups (broad SMARTS) is 1. The van der Waals surface area contributed by atoms with Crippen LogP contribution < -0.4 is 0 Å². The molecule has 1 aliphatic heterocycles.